The van der Waals surface area contributed by atoms with Gasteiger partial charge in [-0.3, -0.25) is 9.78 Å². The summed E-state index contributed by atoms with van der Waals surface area (Å²) in [7, 11) is 0. The summed E-state index contributed by atoms with van der Waals surface area (Å²) in [5, 5.41) is 0. The van der Waals surface area contributed by atoms with Gasteiger partial charge in [-0.1, -0.05) is 18.2 Å². The molecule has 0 fully saturated rings. The van der Waals surface area contributed by atoms with Crippen molar-refractivity contribution >= 4 is 6.29 Å². The Morgan fingerprint density at radius 2 is 1.76 bits per heavy atom. The van der Waals surface area contributed by atoms with E-state index in [4.69, 9.17) is 0 Å². The van der Waals surface area contributed by atoms with E-state index in [0.717, 1.165) is 11.1 Å². The van der Waals surface area contributed by atoms with Crippen LogP contribution < -0.4 is 0 Å². The Kier molecular flexibility index (Phi) is 3.05. The van der Waals surface area contributed by atoms with Crippen LogP contribution in [0.15, 0.2) is 30.5 Å². The van der Waals surface area contributed by atoms with Gasteiger partial charge in [-0.25, -0.2) is 0 Å². The molecule has 1 heterocycles. The van der Waals surface area contributed by atoms with Crippen LogP contribution in [0.4, 0.5) is 0 Å². The third kappa shape index (κ3) is 2.11. The van der Waals surface area contributed by atoms with E-state index in [1.165, 1.54) is 16.7 Å². The molecule has 2 rings (SSSR count). The van der Waals surface area contributed by atoms with E-state index in [2.05, 4.69) is 37.9 Å². The Labute approximate surface area is 101 Å². The number of hydrogen-bond acceptors (Lipinski definition) is 2. The lowest BCUT2D eigenvalue weighted by molar-refractivity contribution is 0.561. The van der Waals surface area contributed by atoms with Crippen LogP contribution in [0.5, 0.6) is 0 Å². The minimum Gasteiger partial charge on any atom is -0.283 e. The number of aryl methyl sites for hydroxylation is 2. The second-order valence-electron chi connectivity index (χ2n) is 4.24. The molecule has 0 N–H and O–H groups in total. The van der Waals surface area contributed by atoms with Crippen molar-refractivity contribution < 1.29 is 4.79 Å². The van der Waals surface area contributed by atoms with Crippen LogP contribution in [0.25, 0.3) is 11.1 Å². The molecule has 1 radical (unpaired) electrons. The van der Waals surface area contributed by atoms with Crippen LogP contribution in [-0.4, -0.2) is 11.3 Å². The molecule has 1 aromatic carbocycles. The first-order chi connectivity index (χ1) is 8.13. The molecule has 2 heteroatoms. The van der Waals surface area contributed by atoms with Gasteiger partial charge in [0.1, 0.15) is 5.69 Å². The van der Waals surface area contributed by atoms with Crippen molar-refractivity contribution in [3.8, 4) is 11.1 Å². The summed E-state index contributed by atoms with van der Waals surface area (Å²) < 4.78 is 0. The third-order valence-electron chi connectivity index (χ3n) is 3.14. The quantitative estimate of drug-likeness (QED) is 0.784. The Morgan fingerprint density at radius 1 is 1.12 bits per heavy atom. The maximum Gasteiger partial charge on any atom is 0.254 e. The number of aromatic nitrogens is 1. The van der Waals surface area contributed by atoms with Gasteiger partial charge in [0.15, 0.2) is 0 Å². The molecule has 1 aromatic heterocycles. The molecule has 0 spiro atoms. The molecular formula is C15H14NO. The number of carbonyl (C=O) groups excluding carboxylic acids is 1. The zero-order valence-electron chi connectivity index (χ0n) is 10.2. The van der Waals surface area contributed by atoms with Crippen LogP contribution >= 0.6 is 0 Å². The molecule has 0 amide bonds. The van der Waals surface area contributed by atoms with Gasteiger partial charge in [0, 0.05) is 11.8 Å². The lowest BCUT2D eigenvalue weighted by atomic mass is 9.96. The van der Waals surface area contributed by atoms with Crippen molar-refractivity contribution in [2.75, 3.05) is 0 Å². The topological polar surface area (TPSA) is 30.0 Å². The van der Waals surface area contributed by atoms with Gasteiger partial charge >= 0.3 is 0 Å². The molecule has 2 nitrogen and oxygen atoms in total. The second kappa shape index (κ2) is 4.50. The molecule has 0 aliphatic heterocycles. The second-order valence-corrected chi connectivity index (χ2v) is 4.24. The predicted octanol–water partition coefficient (Wildman–Crippen LogP) is 3.13. The summed E-state index contributed by atoms with van der Waals surface area (Å²) in [6.07, 6.45) is 3.50. The van der Waals surface area contributed by atoms with Crippen molar-refractivity contribution in [2.24, 2.45) is 0 Å². The van der Waals surface area contributed by atoms with Gasteiger partial charge in [-0.05, 0) is 49.1 Å². The fraction of sp³-hybridized carbons (Fsp3) is 0.200. The number of pyridine rings is 1. The molecule has 0 saturated heterocycles. The highest BCUT2D eigenvalue weighted by Crippen LogP contribution is 2.25. The Balaban J connectivity index is 2.65. The summed E-state index contributed by atoms with van der Waals surface area (Å²) in [5.74, 6) is 0. The van der Waals surface area contributed by atoms with Gasteiger partial charge in [-0.15, -0.1) is 0 Å². The third-order valence-corrected chi connectivity index (χ3v) is 3.14. The van der Waals surface area contributed by atoms with Crippen molar-refractivity contribution in [3.05, 3.63) is 52.8 Å². The van der Waals surface area contributed by atoms with Crippen LogP contribution in [-0.2, 0) is 4.79 Å². The van der Waals surface area contributed by atoms with Crippen LogP contribution in [0.1, 0.15) is 22.4 Å². The van der Waals surface area contributed by atoms with E-state index in [1.807, 2.05) is 18.4 Å². The molecule has 85 valence electrons. The average Bonchev–Trinajstić information content (AvgIpc) is 2.35. The highest BCUT2D eigenvalue weighted by Gasteiger charge is 2.08. The van der Waals surface area contributed by atoms with Crippen LogP contribution in [0.3, 0.4) is 0 Å². The number of hydrogen-bond donors (Lipinski definition) is 0. The maximum absolute atomic E-state index is 10.8. The number of benzene rings is 1. The first-order valence-electron chi connectivity index (χ1n) is 5.55. The van der Waals surface area contributed by atoms with Gasteiger partial charge in [0.05, 0.1) is 0 Å². The monoisotopic (exact) mass is 224 g/mol. The standard InChI is InChI=1S/C15H14NO/c1-10-7-13(8-11(2)12(10)3)14-5-4-6-16-15(14)9-17/h4-8H,1-3H3. The van der Waals surface area contributed by atoms with E-state index >= 15 is 0 Å². The lowest BCUT2D eigenvalue weighted by Gasteiger charge is -2.10. The maximum atomic E-state index is 10.8. The summed E-state index contributed by atoms with van der Waals surface area (Å²) in [6, 6.07) is 7.90. The molecular weight excluding hydrogens is 210 g/mol. The summed E-state index contributed by atoms with van der Waals surface area (Å²) in [6.45, 7) is 6.25. The molecule has 0 bridgehead atoms. The largest absolute Gasteiger partial charge is 0.283 e. The van der Waals surface area contributed by atoms with E-state index in [9.17, 15) is 4.79 Å². The van der Waals surface area contributed by atoms with Gasteiger partial charge in [0.25, 0.3) is 6.29 Å². The smallest absolute Gasteiger partial charge is 0.254 e. The zero-order valence-corrected chi connectivity index (χ0v) is 10.2. The van der Waals surface area contributed by atoms with Gasteiger partial charge < -0.3 is 0 Å². The van der Waals surface area contributed by atoms with Crippen molar-refractivity contribution in [1.82, 2.24) is 4.98 Å². The molecule has 0 saturated carbocycles. The Bertz CT molecular complexity index is 550. The molecule has 0 aliphatic rings. The zero-order chi connectivity index (χ0) is 12.4. The minimum absolute atomic E-state index is 0.371. The average molecular weight is 224 g/mol. The summed E-state index contributed by atoms with van der Waals surface area (Å²) >= 11 is 0. The van der Waals surface area contributed by atoms with Crippen molar-refractivity contribution in [1.29, 1.82) is 0 Å². The molecule has 0 unspecified atom stereocenters. The fourth-order valence-corrected chi connectivity index (χ4v) is 1.91. The molecule has 0 atom stereocenters. The Morgan fingerprint density at radius 3 is 2.35 bits per heavy atom. The van der Waals surface area contributed by atoms with E-state index < -0.39 is 0 Å². The van der Waals surface area contributed by atoms with E-state index in [1.54, 1.807) is 6.20 Å². The number of nitrogens with zero attached hydrogens (tertiary/aromatic N) is 1. The van der Waals surface area contributed by atoms with Gasteiger partial charge in [-0.2, -0.15) is 0 Å². The first-order valence-corrected chi connectivity index (χ1v) is 5.55. The molecule has 17 heavy (non-hydrogen) atoms. The van der Waals surface area contributed by atoms with Crippen LogP contribution in [0, 0.1) is 20.8 Å². The normalized spacial score (nSPS) is 10.3. The highest BCUT2D eigenvalue weighted by atomic mass is 16.1. The predicted molar refractivity (Wildman–Crippen MR) is 68.7 cm³/mol. The van der Waals surface area contributed by atoms with Crippen LogP contribution in [0.2, 0.25) is 0 Å². The SMILES string of the molecule is Cc1cc(-c2cccnc2[C]=O)cc(C)c1C. The minimum atomic E-state index is 0.371. The fourth-order valence-electron chi connectivity index (χ4n) is 1.91. The van der Waals surface area contributed by atoms with E-state index in [0.29, 0.717) is 5.69 Å². The lowest BCUT2D eigenvalue weighted by Crippen LogP contribution is -1.94. The molecule has 0 aliphatic carbocycles. The summed E-state index contributed by atoms with van der Waals surface area (Å²) in [4.78, 5) is 14.9. The van der Waals surface area contributed by atoms with E-state index in [-0.39, 0.29) is 0 Å². The summed E-state index contributed by atoms with van der Waals surface area (Å²) in [5.41, 5.74) is 5.97. The molecule has 2 aromatic rings. The first kappa shape index (κ1) is 11.5. The Hall–Kier alpha value is -1.96. The van der Waals surface area contributed by atoms with Gasteiger partial charge in [0.2, 0.25) is 0 Å². The van der Waals surface area contributed by atoms with Crippen molar-refractivity contribution in [3.63, 3.8) is 0 Å². The number of rotatable bonds is 2. The van der Waals surface area contributed by atoms with Crippen molar-refractivity contribution in [2.45, 2.75) is 20.8 Å². The highest BCUT2D eigenvalue weighted by molar-refractivity contribution is 5.85.